The van der Waals surface area contributed by atoms with E-state index in [1.807, 2.05) is 0 Å². The molecule has 0 aliphatic carbocycles. The summed E-state index contributed by atoms with van der Waals surface area (Å²) >= 11 is 0. The van der Waals surface area contributed by atoms with E-state index in [9.17, 15) is 4.79 Å². The van der Waals surface area contributed by atoms with Crippen molar-refractivity contribution in [2.24, 2.45) is 0 Å². The minimum absolute atomic E-state index is 0.0470. The van der Waals surface area contributed by atoms with Gasteiger partial charge in [-0.1, -0.05) is 0 Å². The average molecular weight is 219 g/mol. The molecule has 2 rings (SSSR count). The van der Waals surface area contributed by atoms with Gasteiger partial charge in [-0.05, 0) is 12.1 Å². The van der Waals surface area contributed by atoms with E-state index < -0.39 is 5.97 Å². The van der Waals surface area contributed by atoms with E-state index in [-0.39, 0.29) is 5.69 Å². The summed E-state index contributed by atoms with van der Waals surface area (Å²) < 4.78 is 4.97. The summed E-state index contributed by atoms with van der Waals surface area (Å²) in [4.78, 5) is 14.6. The summed E-state index contributed by atoms with van der Waals surface area (Å²) in [6.45, 7) is 0. The molecule has 0 saturated carbocycles. The van der Waals surface area contributed by atoms with Crippen LogP contribution in [0.4, 0.5) is 0 Å². The van der Waals surface area contributed by atoms with Crippen molar-refractivity contribution in [3.05, 3.63) is 30.1 Å². The number of carbonyl (C=O) groups is 1. The first kappa shape index (κ1) is 10.2. The van der Waals surface area contributed by atoms with Gasteiger partial charge in [0, 0.05) is 17.8 Å². The number of rotatable bonds is 3. The number of aromatic amines is 1. The third-order valence-electron chi connectivity index (χ3n) is 2.05. The summed E-state index contributed by atoms with van der Waals surface area (Å²) in [5.41, 5.74) is 1.33. The van der Waals surface area contributed by atoms with Crippen molar-refractivity contribution in [1.82, 2.24) is 15.2 Å². The van der Waals surface area contributed by atoms with Crippen molar-refractivity contribution in [2.75, 3.05) is 7.11 Å². The van der Waals surface area contributed by atoms with Gasteiger partial charge >= 0.3 is 5.97 Å². The number of nitrogens with one attached hydrogen (secondary N) is 1. The summed E-state index contributed by atoms with van der Waals surface area (Å²) in [5.74, 6) is -0.586. The average Bonchev–Trinajstić information content (AvgIpc) is 2.78. The molecule has 6 heteroatoms. The quantitative estimate of drug-likeness (QED) is 0.809. The molecule has 6 nitrogen and oxygen atoms in total. The van der Waals surface area contributed by atoms with E-state index in [4.69, 9.17) is 9.84 Å². The maximum Gasteiger partial charge on any atom is 0.353 e. The number of nitrogens with zero attached hydrogens (tertiary/aromatic N) is 2. The van der Waals surface area contributed by atoms with Gasteiger partial charge in [0.1, 0.15) is 5.69 Å². The molecule has 0 aliphatic heterocycles. The monoisotopic (exact) mass is 219 g/mol. The number of ether oxygens (including phenoxy) is 1. The Hall–Kier alpha value is -2.37. The van der Waals surface area contributed by atoms with Gasteiger partial charge in [0.25, 0.3) is 0 Å². The van der Waals surface area contributed by atoms with Crippen molar-refractivity contribution < 1.29 is 14.6 Å². The largest absolute Gasteiger partial charge is 0.481 e. The SMILES string of the molecule is COc1cc(-c2cc(C(=O)O)[nH]n2)ccn1. The Labute approximate surface area is 90.9 Å². The van der Waals surface area contributed by atoms with Crippen LogP contribution in [0.3, 0.4) is 0 Å². The van der Waals surface area contributed by atoms with Crippen molar-refractivity contribution >= 4 is 5.97 Å². The summed E-state index contributed by atoms with van der Waals surface area (Å²) in [7, 11) is 1.51. The van der Waals surface area contributed by atoms with Crippen LogP contribution in [0.5, 0.6) is 5.88 Å². The van der Waals surface area contributed by atoms with E-state index in [0.717, 1.165) is 5.56 Å². The molecule has 0 unspecified atom stereocenters. The second kappa shape index (κ2) is 4.01. The molecule has 0 radical (unpaired) electrons. The van der Waals surface area contributed by atoms with Crippen LogP contribution < -0.4 is 4.74 Å². The number of H-pyrrole nitrogens is 1. The van der Waals surface area contributed by atoms with Crippen LogP contribution in [-0.4, -0.2) is 33.4 Å². The minimum atomic E-state index is -1.04. The zero-order valence-corrected chi connectivity index (χ0v) is 8.47. The third-order valence-corrected chi connectivity index (χ3v) is 2.05. The van der Waals surface area contributed by atoms with Gasteiger partial charge in [-0.25, -0.2) is 9.78 Å². The fourth-order valence-electron chi connectivity index (χ4n) is 1.26. The molecule has 0 saturated heterocycles. The maximum absolute atomic E-state index is 10.7. The van der Waals surface area contributed by atoms with Crippen molar-refractivity contribution in [3.8, 4) is 17.1 Å². The van der Waals surface area contributed by atoms with Crippen molar-refractivity contribution in [1.29, 1.82) is 0 Å². The van der Waals surface area contributed by atoms with E-state index in [1.165, 1.54) is 13.2 Å². The number of hydrogen-bond acceptors (Lipinski definition) is 4. The van der Waals surface area contributed by atoms with Crippen molar-refractivity contribution in [3.63, 3.8) is 0 Å². The molecule has 0 atom stereocenters. The maximum atomic E-state index is 10.7. The Morgan fingerprint density at radius 2 is 2.31 bits per heavy atom. The van der Waals surface area contributed by atoms with E-state index in [2.05, 4.69) is 15.2 Å². The second-order valence-corrected chi connectivity index (χ2v) is 3.06. The molecule has 0 aromatic carbocycles. The van der Waals surface area contributed by atoms with Gasteiger partial charge in [-0.3, -0.25) is 5.10 Å². The number of methoxy groups -OCH3 is 1. The summed E-state index contributed by atoms with van der Waals surface area (Å²) in [6.07, 6.45) is 1.57. The lowest BCUT2D eigenvalue weighted by Gasteiger charge is -1.99. The zero-order valence-electron chi connectivity index (χ0n) is 8.47. The Morgan fingerprint density at radius 3 is 2.94 bits per heavy atom. The number of aromatic nitrogens is 3. The molecule has 0 aliphatic rings. The smallest absolute Gasteiger partial charge is 0.353 e. The molecule has 0 spiro atoms. The number of carboxylic acid groups (broad SMARTS) is 1. The van der Waals surface area contributed by atoms with Crippen LogP contribution in [0.2, 0.25) is 0 Å². The fourth-order valence-corrected chi connectivity index (χ4v) is 1.26. The molecule has 2 N–H and O–H groups in total. The predicted molar refractivity (Wildman–Crippen MR) is 55.3 cm³/mol. The Balaban J connectivity index is 2.38. The normalized spacial score (nSPS) is 10.1. The van der Waals surface area contributed by atoms with E-state index >= 15 is 0 Å². The third kappa shape index (κ3) is 1.85. The zero-order chi connectivity index (χ0) is 11.5. The Kier molecular flexibility index (Phi) is 2.55. The van der Waals surface area contributed by atoms with Crippen LogP contribution in [0.25, 0.3) is 11.3 Å². The standard InChI is InChI=1S/C10H9N3O3/c1-16-9-4-6(2-3-11-9)7-5-8(10(14)15)13-12-7/h2-5H,1H3,(H,12,13)(H,14,15). The summed E-state index contributed by atoms with van der Waals surface area (Å²) in [5, 5.41) is 15.1. The van der Waals surface area contributed by atoms with Gasteiger partial charge in [-0.2, -0.15) is 5.10 Å². The molecule has 0 bridgehead atoms. The number of carboxylic acids is 1. The lowest BCUT2D eigenvalue weighted by atomic mass is 10.2. The lowest BCUT2D eigenvalue weighted by molar-refractivity contribution is 0.0690. The fraction of sp³-hybridized carbons (Fsp3) is 0.100. The highest BCUT2D eigenvalue weighted by atomic mass is 16.5. The van der Waals surface area contributed by atoms with Crippen LogP contribution in [0, 0.1) is 0 Å². The molecule has 0 amide bonds. The van der Waals surface area contributed by atoms with Crippen LogP contribution in [-0.2, 0) is 0 Å². The topological polar surface area (TPSA) is 88.1 Å². The van der Waals surface area contributed by atoms with Gasteiger partial charge in [-0.15, -0.1) is 0 Å². The van der Waals surface area contributed by atoms with Crippen LogP contribution >= 0.6 is 0 Å². The molecule has 2 aromatic heterocycles. The highest BCUT2D eigenvalue weighted by Crippen LogP contribution is 2.20. The van der Waals surface area contributed by atoms with Gasteiger partial charge in [0.2, 0.25) is 5.88 Å². The first-order valence-electron chi connectivity index (χ1n) is 4.50. The molecule has 2 aromatic rings. The molecule has 82 valence electrons. The van der Waals surface area contributed by atoms with E-state index in [0.29, 0.717) is 11.6 Å². The van der Waals surface area contributed by atoms with Gasteiger partial charge in [0.05, 0.1) is 12.8 Å². The van der Waals surface area contributed by atoms with Gasteiger partial charge in [0.15, 0.2) is 0 Å². The lowest BCUT2D eigenvalue weighted by Crippen LogP contribution is -1.95. The Morgan fingerprint density at radius 1 is 1.50 bits per heavy atom. The first-order chi connectivity index (χ1) is 7.70. The Bertz CT molecular complexity index is 522. The van der Waals surface area contributed by atoms with Crippen LogP contribution in [0.1, 0.15) is 10.5 Å². The summed E-state index contributed by atoms with van der Waals surface area (Å²) in [6, 6.07) is 4.86. The van der Waals surface area contributed by atoms with E-state index in [1.54, 1.807) is 18.3 Å². The number of pyridine rings is 1. The minimum Gasteiger partial charge on any atom is -0.481 e. The van der Waals surface area contributed by atoms with Crippen LogP contribution in [0.15, 0.2) is 24.4 Å². The second-order valence-electron chi connectivity index (χ2n) is 3.06. The van der Waals surface area contributed by atoms with Gasteiger partial charge < -0.3 is 9.84 Å². The molecule has 0 fully saturated rings. The highest BCUT2D eigenvalue weighted by Gasteiger charge is 2.09. The molecule has 16 heavy (non-hydrogen) atoms. The highest BCUT2D eigenvalue weighted by molar-refractivity contribution is 5.86. The number of aromatic carboxylic acids is 1. The molecule has 2 heterocycles. The molecular weight excluding hydrogens is 210 g/mol. The first-order valence-corrected chi connectivity index (χ1v) is 4.50. The number of hydrogen-bond donors (Lipinski definition) is 2. The predicted octanol–water partition coefficient (Wildman–Crippen LogP) is 1.18. The molecular formula is C10H9N3O3. The van der Waals surface area contributed by atoms with Crippen molar-refractivity contribution in [2.45, 2.75) is 0 Å².